The number of nitrogens with zero attached hydrogens (tertiary/aromatic N) is 2. The van der Waals surface area contributed by atoms with Crippen molar-refractivity contribution in [1.82, 2.24) is 0 Å². The maximum absolute atomic E-state index is 9.60. The quantitative estimate of drug-likeness (QED) is 0.258. The molecule has 0 aromatic carbocycles. The second-order valence-corrected chi connectivity index (χ2v) is 1.35. The van der Waals surface area contributed by atoms with Crippen molar-refractivity contribution < 1.29 is 103 Å². The summed E-state index contributed by atoms with van der Waals surface area (Å²) < 4.78 is 0. The second-order valence-electron chi connectivity index (χ2n) is 1.35. The van der Waals surface area contributed by atoms with Gasteiger partial charge in [0.1, 0.15) is 0 Å². The molecule has 0 unspecified atom stereocenters. The smallest absolute Gasteiger partial charge is 0.792 e. The maximum Gasteiger partial charge on any atom is 1.00 e. The van der Waals surface area contributed by atoms with Crippen LogP contribution in [0, 0.1) is 10.4 Å². The summed E-state index contributed by atoms with van der Waals surface area (Å²) in [6, 6.07) is 0. The van der Waals surface area contributed by atoms with Crippen LogP contribution in [0.3, 0.4) is 0 Å². The molecular weight excluding hydrogens is 282 g/mol. The van der Waals surface area contributed by atoms with Crippen LogP contribution in [0.4, 0.5) is 0 Å². The summed E-state index contributed by atoms with van der Waals surface area (Å²) in [4.78, 5) is 0. The molecule has 0 aliphatic rings. The van der Waals surface area contributed by atoms with Gasteiger partial charge in [-0.05, 0) is 13.8 Å². The Labute approximate surface area is 148 Å². The van der Waals surface area contributed by atoms with Crippen LogP contribution in [0.25, 0.3) is 0 Å². The topological polar surface area (TPSA) is 323 Å². The van der Waals surface area contributed by atoms with E-state index in [1.54, 1.807) is 0 Å². The van der Waals surface area contributed by atoms with E-state index in [-0.39, 0.29) is 114 Å². The molecule has 0 heterocycles. The summed E-state index contributed by atoms with van der Waals surface area (Å²) in [6.45, 7) is 2.87. The van der Waals surface area contributed by atoms with Gasteiger partial charge in [-0.3, -0.25) is 0 Å². The minimum atomic E-state index is 0. The third-order valence-electron chi connectivity index (χ3n) is 0.797. The zero-order valence-electron chi connectivity index (χ0n) is 10.7. The zero-order valence-corrected chi connectivity index (χ0v) is 14.7. The van der Waals surface area contributed by atoms with Gasteiger partial charge in [-0.25, -0.2) is 0 Å². The van der Waals surface area contributed by atoms with Gasteiger partial charge in [-0.2, -0.15) is 0 Å². The minimum Gasteiger partial charge on any atom is -0.792 e. The van der Waals surface area contributed by atoms with Crippen molar-refractivity contribution in [2.24, 2.45) is 10.3 Å². The van der Waals surface area contributed by atoms with Crippen molar-refractivity contribution >= 4 is 11.4 Å². The third kappa shape index (κ3) is 54.6. The van der Waals surface area contributed by atoms with Gasteiger partial charge in [0.15, 0.2) is 0 Å². The molecule has 0 saturated heterocycles. The predicted octanol–water partition coefficient (Wildman–Crippen LogP) is -11.7. The molecular formula is C4H22N2Na2O10. The first-order valence-corrected chi connectivity index (χ1v) is 2.06. The van der Waals surface area contributed by atoms with E-state index in [0.29, 0.717) is 0 Å². The molecule has 0 aromatic rings. The van der Waals surface area contributed by atoms with Gasteiger partial charge in [-0.1, -0.05) is 0 Å². The standard InChI is InChI=1S/C4H8N2O2.2Na.8H2O/c1-3(5-7)4(2)6-8;;;;;;;;;;/h7-8H,1-2H3;;;8*1H2/q;2*+1;;;;;;;;/p-2/b5-3-,6-4-;;;;;;;;;;. The van der Waals surface area contributed by atoms with Crippen LogP contribution >= 0.6 is 0 Å². The number of rotatable bonds is 1. The summed E-state index contributed by atoms with van der Waals surface area (Å²) in [5.41, 5.74) is 0.278. The first-order chi connectivity index (χ1) is 3.72. The Hall–Kier alpha value is 0.620. The monoisotopic (exact) mass is 304 g/mol. The van der Waals surface area contributed by atoms with E-state index in [4.69, 9.17) is 0 Å². The first-order valence-electron chi connectivity index (χ1n) is 2.06. The molecule has 0 saturated carbocycles. The van der Waals surface area contributed by atoms with Crippen molar-refractivity contribution in [2.75, 3.05) is 0 Å². The molecule has 16 N–H and O–H groups in total. The van der Waals surface area contributed by atoms with E-state index in [0.717, 1.165) is 0 Å². The fourth-order valence-electron chi connectivity index (χ4n) is 0.132. The largest absolute Gasteiger partial charge is 1.00 e. The van der Waals surface area contributed by atoms with E-state index in [1.807, 2.05) is 0 Å². The molecule has 0 atom stereocenters. The zero-order chi connectivity index (χ0) is 6.57. The van der Waals surface area contributed by atoms with Crippen LogP contribution in [0.2, 0.25) is 0 Å². The third-order valence-corrected chi connectivity index (χ3v) is 0.797. The molecule has 0 spiro atoms. The van der Waals surface area contributed by atoms with Gasteiger partial charge in [0, 0.05) is 11.4 Å². The molecule has 110 valence electrons. The second kappa shape index (κ2) is 65.5. The summed E-state index contributed by atoms with van der Waals surface area (Å²) in [5.74, 6) is 0. The van der Waals surface area contributed by atoms with E-state index in [9.17, 15) is 10.4 Å². The maximum atomic E-state index is 9.60. The number of hydrogen-bond acceptors (Lipinski definition) is 4. The fraction of sp³-hybridized carbons (Fsp3) is 0.500. The molecule has 18 heavy (non-hydrogen) atoms. The van der Waals surface area contributed by atoms with Crippen molar-refractivity contribution in [2.45, 2.75) is 13.8 Å². The van der Waals surface area contributed by atoms with Gasteiger partial charge < -0.3 is 64.5 Å². The van der Waals surface area contributed by atoms with Crippen LogP contribution < -0.4 is 59.1 Å². The van der Waals surface area contributed by atoms with Crippen LogP contribution in [0.5, 0.6) is 0 Å². The number of hydrogen-bond donors (Lipinski definition) is 0. The summed E-state index contributed by atoms with van der Waals surface area (Å²) in [5, 5.41) is 24.2. The molecule has 0 rings (SSSR count). The molecule has 14 heteroatoms. The summed E-state index contributed by atoms with van der Waals surface area (Å²) in [6.07, 6.45) is 0. The van der Waals surface area contributed by atoms with Crippen molar-refractivity contribution in [3.63, 3.8) is 0 Å². The summed E-state index contributed by atoms with van der Waals surface area (Å²) >= 11 is 0. The SMILES string of the molecule is CC(=N/[O-])/C(C)=N\[O-].O.O.O.O.O.O.O.O.[Na+].[Na+]. The van der Waals surface area contributed by atoms with Gasteiger partial charge in [-0.15, -0.1) is 0 Å². The minimum absolute atomic E-state index is 0. The molecule has 0 fully saturated rings. The summed E-state index contributed by atoms with van der Waals surface area (Å²) in [7, 11) is 0. The first kappa shape index (κ1) is 99.6. The Bertz CT molecular complexity index is 130. The van der Waals surface area contributed by atoms with Gasteiger partial charge in [0.25, 0.3) is 0 Å². The van der Waals surface area contributed by atoms with Gasteiger partial charge in [0.2, 0.25) is 0 Å². The van der Waals surface area contributed by atoms with Gasteiger partial charge >= 0.3 is 59.1 Å². The Kier molecular flexibility index (Phi) is 362. The van der Waals surface area contributed by atoms with Crippen LogP contribution in [-0.2, 0) is 0 Å². The predicted molar refractivity (Wildman–Crippen MR) is 61.9 cm³/mol. The van der Waals surface area contributed by atoms with Crippen LogP contribution in [-0.4, -0.2) is 55.2 Å². The van der Waals surface area contributed by atoms with Crippen LogP contribution in [0.1, 0.15) is 13.8 Å². The van der Waals surface area contributed by atoms with E-state index in [1.165, 1.54) is 13.8 Å². The molecule has 0 aromatic heterocycles. The van der Waals surface area contributed by atoms with Crippen molar-refractivity contribution in [1.29, 1.82) is 0 Å². The molecule has 0 radical (unpaired) electrons. The average Bonchev–Trinajstić information content (AvgIpc) is 1.84. The fourth-order valence-corrected chi connectivity index (χ4v) is 0.132. The van der Waals surface area contributed by atoms with E-state index < -0.39 is 0 Å². The molecule has 0 amide bonds. The molecule has 0 aliphatic carbocycles. The van der Waals surface area contributed by atoms with E-state index >= 15 is 0 Å². The molecule has 0 bridgehead atoms. The molecule has 0 aliphatic heterocycles. The van der Waals surface area contributed by atoms with Crippen molar-refractivity contribution in [3.05, 3.63) is 10.4 Å². The average molecular weight is 304 g/mol. The molecule has 12 nitrogen and oxygen atoms in total. The Morgan fingerprint density at radius 2 is 0.667 bits per heavy atom. The van der Waals surface area contributed by atoms with Gasteiger partial charge in [0.05, 0.1) is 0 Å². The van der Waals surface area contributed by atoms with Crippen LogP contribution in [0.15, 0.2) is 10.3 Å². The van der Waals surface area contributed by atoms with E-state index in [2.05, 4.69) is 10.3 Å². The Morgan fingerprint density at radius 3 is 0.722 bits per heavy atom. The Morgan fingerprint density at radius 1 is 0.556 bits per heavy atom. The normalized spacial score (nSPS) is 6.33. The Balaban J connectivity index is -0.00000000544. The van der Waals surface area contributed by atoms with Crippen molar-refractivity contribution in [3.8, 4) is 0 Å².